The molecule has 2 rings (SSSR count). The molecule has 0 unspecified atom stereocenters. The number of amides is 1. The van der Waals surface area contributed by atoms with Crippen molar-refractivity contribution in [3.8, 4) is 0 Å². The van der Waals surface area contributed by atoms with Gasteiger partial charge in [-0.15, -0.1) is 0 Å². The average molecular weight is 568 g/mol. The number of esters is 1. The largest absolute Gasteiger partial charge is 0.466 e. The third-order valence-corrected chi connectivity index (χ3v) is 6.73. The third kappa shape index (κ3) is 10.1. The van der Waals surface area contributed by atoms with E-state index in [4.69, 9.17) is 23.7 Å². The summed E-state index contributed by atoms with van der Waals surface area (Å²) in [6, 6.07) is -1.09. The zero-order valence-electron chi connectivity index (χ0n) is 22.6. The third-order valence-electron chi connectivity index (χ3n) is 6.73. The molecule has 0 aromatic heterocycles. The summed E-state index contributed by atoms with van der Waals surface area (Å²) in [7, 11) is 0. The number of unbranched alkanes of at least 4 members (excludes halogenated alkanes) is 5. The van der Waals surface area contributed by atoms with Crippen LogP contribution < -0.4 is 5.32 Å². The fourth-order valence-corrected chi connectivity index (χ4v) is 4.61. The molecule has 0 spiro atoms. The molecule has 14 heteroatoms. The normalized spacial score (nSPS) is 35.0. The molecule has 0 saturated carbocycles. The summed E-state index contributed by atoms with van der Waals surface area (Å²) in [5, 5.41) is 63.1. The van der Waals surface area contributed by atoms with Crippen LogP contribution in [0.2, 0.25) is 0 Å². The van der Waals surface area contributed by atoms with E-state index in [1.807, 2.05) is 0 Å². The van der Waals surface area contributed by atoms with Crippen molar-refractivity contribution in [2.75, 3.05) is 26.4 Å². The second-order valence-electron chi connectivity index (χ2n) is 9.79. The smallest absolute Gasteiger partial charge is 0.305 e. The van der Waals surface area contributed by atoms with Gasteiger partial charge < -0.3 is 59.6 Å². The Hall–Kier alpha value is -1.46. The van der Waals surface area contributed by atoms with Gasteiger partial charge in [0.2, 0.25) is 5.91 Å². The molecule has 2 fully saturated rings. The first-order valence-corrected chi connectivity index (χ1v) is 13.6. The molecule has 2 saturated heterocycles. The summed E-state index contributed by atoms with van der Waals surface area (Å²) in [6.45, 7) is 2.36. The highest BCUT2D eigenvalue weighted by molar-refractivity contribution is 5.73. The van der Waals surface area contributed by atoms with Gasteiger partial charge in [0.15, 0.2) is 12.6 Å². The van der Waals surface area contributed by atoms with Crippen LogP contribution in [0.1, 0.15) is 58.8 Å². The number of hydrogen-bond donors (Lipinski definition) is 7. The molecule has 1 amide bonds. The summed E-state index contributed by atoms with van der Waals surface area (Å²) in [4.78, 5) is 23.3. The molecule has 10 atom stereocenters. The minimum Gasteiger partial charge on any atom is -0.466 e. The van der Waals surface area contributed by atoms with E-state index >= 15 is 0 Å². The Kier molecular flexibility index (Phi) is 15.0. The van der Waals surface area contributed by atoms with Crippen LogP contribution in [0.15, 0.2) is 0 Å². The standard InChI is InChI=1S/C25H45NO13/c1-3-35-17(30)10-8-6-4-5-7-9-11-36-24-18(26-14(2)29)23(20(32)16(13-28)37-24)39-25-22(34)21(33)19(31)15(12-27)38-25/h15-16,18-25,27-28,31-34H,3-13H2,1-2H3,(H,26,29)/t15-,16-,18-,19+,20-,21+,22-,23-,24-,25+/m1/s1. The lowest BCUT2D eigenvalue weighted by Crippen LogP contribution is -2.68. The van der Waals surface area contributed by atoms with Crippen LogP contribution in [-0.2, 0) is 33.3 Å². The second kappa shape index (κ2) is 17.4. The monoisotopic (exact) mass is 567 g/mol. The number of nitrogens with one attached hydrogen (secondary N) is 1. The van der Waals surface area contributed by atoms with Crippen LogP contribution in [-0.4, -0.2) is 130 Å². The van der Waals surface area contributed by atoms with Gasteiger partial charge in [0.05, 0.1) is 19.8 Å². The van der Waals surface area contributed by atoms with Gasteiger partial charge in [0.1, 0.15) is 48.8 Å². The maximum Gasteiger partial charge on any atom is 0.305 e. The number of aliphatic hydroxyl groups excluding tert-OH is 6. The summed E-state index contributed by atoms with van der Waals surface area (Å²) < 4.78 is 27.6. The van der Waals surface area contributed by atoms with Crippen LogP contribution in [0.4, 0.5) is 0 Å². The van der Waals surface area contributed by atoms with E-state index in [2.05, 4.69) is 5.32 Å². The molecule has 0 radical (unpaired) electrons. The molecule has 0 aromatic carbocycles. The van der Waals surface area contributed by atoms with Crippen molar-refractivity contribution in [1.29, 1.82) is 0 Å². The number of rotatable bonds is 16. The maximum atomic E-state index is 12.0. The van der Waals surface area contributed by atoms with Gasteiger partial charge >= 0.3 is 5.97 Å². The van der Waals surface area contributed by atoms with E-state index in [-0.39, 0.29) is 12.6 Å². The van der Waals surface area contributed by atoms with Crippen LogP contribution in [0.25, 0.3) is 0 Å². The average Bonchev–Trinajstić information content (AvgIpc) is 2.90. The topological polar surface area (TPSA) is 214 Å². The van der Waals surface area contributed by atoms with E-state index in [1.165, 1.54) is 6.92 Å². The lowest BCUT2D eigenvalue weighted by atomic mass is 9.95. The second-order valence-corrected chi connectivity index (χ2v) is 9.79. The molecule has 228 valence electrons. The Bertz CT molecular complexity index is 726. The number of aliphatic hydroxyl groups is 6. The summed E-state index contributed by atoms with van der Waals surface area (Å²) in [5.74, 6) is -0.677. The molecule has 14 nitrogen and oxygen atoms in total. The Labute approximate surface area is 228 Å². The zero-order valence-corrected chi connectivity index (χ0v) is 22.6. The highest BCUT2D eigenvalue weighted by Gasteiger charge is 2.51. The van der Waals surface area contributed by atoms with Gasteiger partial charge in [-0.1, -0.05) is 25.7 Å². The Morgan fingerprint density at radius 3 is 2.00 bits per heavy atom. The molecule has 0 aromatic rings. The van der Waals surface area contributed by atoms with Gasteiger partial charge in [-0.05, 0) is 19.8 Å². The lowest BCUT2D eigenvalue weighted by molar-refractivity contribution is -0.344. The first-order chi connectivity index (χ1) is 18.6. The van der Waals surface area contributed by atoms with Crippen molar-refractivity contribution < 1.29 is 63.9 Å². The van der Waals surface area contributed by atoms with Crippen molar-refractivity contribution in [2.45, 2.75) is 120 Å². The van der Waals surface area contributed by atoms with E-state index in [9.17, 15) is 40.2 Å². The van der Waals surface area contributed by atoms with E-state index in [0.717, 1.165) is 32.1 Å². The van der Waals surface area contributed by atoms with E-state index in [1.54, 1.807) is 6.92 Å². The first kappa shape index (κ1) is 33.7. The lowest BCUT2D eigenvalue weighted by Gasteiger charge is -2.47. The fourth-order valence-electron chi connectivity index (χ4n) is 4.61. The fraction of sp³-hybridized carbons (Fsp3) is 0.920. The van der Waals surface area contributed by atoms with Crippen molar-refractivity contribution >= 4 is 11.9 Å². The van der Waals surface area contributed by atoms with Gasteiger partial charge in [-0.2, -0.15) is 0 Å². The van der Waals surface area contributed by atoms with Crippen molar-refractivity contribution in [2.24, 2.45) is 0 Å². The van der Waals surface area contributed by atoms with Crippen LogP contribution in [0.3, 0.4) is 0 Å². The minimum atomic E-state index is -1.74. The molecule has 7 N–H and O–H groups in total. The molecule has 2 aliphatic rings. The molecular weight excluding hydrogens is 522 g/mol. The first-order valence-electron chi connectivity index (χ1n) is 13.6. The maximum absolute atomic E-state index is 12.0. The SMILES string of the molecule is CCOC(=O)CCCCCCCCO[C@@H]1O[C@H](CO)[C@@H](O)[C@H](O[C@@H]2O[C@H](CO)[C@H](O)[C@H](O)[C@H]2O)[C@H]1NC(C)=O. The van der Waals surface area contributed by atoms with Crippen LogP contribution >= 0.6 is 0 Å². The van der Waals surface area contributed by atoms with Gasteiger partial charge in [0, 0.05) is 20.0 Å². The Balaban J connectivity index is 1.94. The summed E-state index contributed by atoms with van der Waals surface area (Å²) in [5.41, 5.74) is 0. The van der Waals surface area contributed by atoms with Gasteiger partial charge in [-0.3, -0.25) is 9.59 Å². The Morgan fingerprint density at radius 2 is 1.38 bits per heavy atom. The van der Waals surface area contributed by atoms with E-state index < -0.39 is 80.5 Å². The van der Waals surface area contributed by atoms with Crippen LogP contribution in [0.5, 0.6) is 0 Å². The molecule has 0 aliphatic carbocycles. The minimum absolute atomic E-state index is 0.188. The van der Waals surface area contributed by atoms with Crippen molar-refractivity contribution in [1.82, 2.24) is 5.32 Å². The molecular formula is C25H45NO13. The molecule has 0 bridgehead atoms. The summed E-state index contributed by atoms with van der Waals surface area (Å²) >= 11 is 0. The quantitative estimate of drug-likeness (QED) is 0.0800. The number of carbonyl (C=O) groups is 2. The molecule has 2 aliphatic heterocycles. The summed E-state index contributed by atoms with van der Waals surface area (Å²) in [6.07, 6.45) is -7.51. The Morgan fingerprint density at radius 1 is 0.795 bits per heavy atom. The van der Waals surface area contributed by atoms with Crippen molar-refractivity contribution in [3.05, 3.63) is 0 Å². The van der Waals surface area contributed by atoms with E-state index in [0.29, 0.717) is 19.4 Å². The van der Waals surface area contributed by atoms with Crippen molar-refractivity contribution in [3.63, 3.8) is 0 Å². The molecule has 39 heavy (non-hydrogen) atoms. The predicted molar refractivity (Wildman–Crippen MR) is 133 cm³/mol. The number of ether oxygens (including phenoxy) is 5. The zero-order chi connectivity index (χ0) is 28.9. The predicted octanol–water partition coefficient (Wildman–Crippen LogP) is -1.94. The highest BCUT2D eigenvalue weighted by Crippen LogP contribution is 2.30. The number of hydrogen-bond acceptors (Lipinski definition) is 13. The number of carbonyl (C=O) groups excluding carboxylic acids is 2. The molecule has 2 heterocycles. The van der Waals surface area contributed by atoms with Gasteiger partial charge in [-0.25, -0.2) is 0 Å². The highest BCUT2D eigenvalue weighted by atomic mass is 16.7. The van der Waals surface area contributed by atoms with Gasteiger partial charge in [0.25, 0.3) is 0 Å². The van der Waals surface area contributed by atoms with Crippen LogP contribution in [0, 0.1) is 0 Å².